The van der Waals surface area contributed by atoms with Crippen molar-refractivity contribution in [3.05, 3.63) is 22.4 Å². The second kappa shape index (κ2) is 5.51. The molecule has 0 radical (unpaired) electrons. The zero-order valence-electron chi connectivity index (χ0n) is 9.85. The number of rotatable bonds is 7. The maximum atomic E-state index is 8.57. The van der Waals surface area contributed by atoms with Crippen LogP contribution in [-0.2, 0) is 6.42 Å². The van der Waals surface area contributed by atoms with E-state index in [0.29, 0.717) is 12.3 Å². The summed E-state index contributed by atoms with van der Waals surface area (Å²) in [6.07, 6.45) is 4.14. The third kappa shape index (κ3) is 3.71. The first-order chi connectivity index (χ1) is 8.24. The summed E-state index contributed by atoms with van der Waals surface area (Å²) < 4.78 is 0. The number of hydrogen-bond acceptors (Lipinski definition) is 4. The highest BCUT2D eigenvalue weighted by molar-refractivity contribution is 7.09. The van der Waals surface area contributed by atoms with Crippen molar-refractivity contribution < 1.29 is 5.21 Å². The highest BCUT2D eigenvalue weighted by atomic mass is 32.1. The van der Waals surface area contributed by atoms with Gasteiger partial charge in [-0.3, -0.25) is 0 Å². The van der Waals surface area contributed by atoms with Gasteiger partial charge in [-0.25, -0.2) is 0 Å². The number of amidine groups is 1. The summed E-state index contributed by atoms with van der Waals surface area (Å²) in [4.78, 5) is 1.42. The lowest BCUT2D eigenvalue weighted by Crippen LogP contribution is -2.29. The molecule has 94 valence electrons. The lowest BCUT2D eigenvalue weighted by Gasteiger charge is -2.14. The van der Waals surface area contributed by atoms with Gasteiger partial charge in [-0.05, 0) is 42.7 Å². The number of nitrogens with two attached hydrogens (primary N) is 1. The second-order valence-electron chi connectivity index (χ2n) is 4.77. The van der Waals surface area contributed by atoms with Gasteiger partial charge in [-0.15, -0.1) is 11.3 Å². The van der Waals surface area contributed by atoms with Gasteiger partial charge >= 0.3 is 0 Å². The molecule has 2 rings (SSSR count). The van der Waals surface area contributed by atoms with Gasteiger partial charge in [0.25, 0.3) is 0 Å². The fourth-order valence-corrected chi connectivity index (χ4v) is 2.74. The fourth-order valence-electron chi connectivity index (χ4n) is 2.03. The number of nitrogens with one attached hydrogen (secondary N) is 1. The molecule has 1 aliphatic rings. The van der Waals surface area contributed by atoms with E-state index in [2.05, 4.69) is 28.0 Å². The molecule has 0 saturated heterocycles. The zero-order valence-corrected chi connectivity index (χ0v) is 10.7. The Labute approximate surface area is 106 Å². The van der Waals surface area contributed by atoms with Crippen LogP contribution in [0.25, 0.3) is 0 Å². The average Bonchev–Trinajstić information content (AvgIpc) is 2.89. The van der Waals surface area contributed by atoms with Crippen LogP contribution < -0.4 is 11.1 Å². The summed E-state index contributed by atoms with van der Waals surface area (Å²) in [5.74, 6) is 0.350. The Kier molecular flexibility index (Phi) is 4.02. The molecule has 0 aliphatic heterocycles. The van der Waals surface area contributed by atoms with Crippen LogP contribution in [0.3, 0.4) is 0 Å². The van der Waals surface area contributed by atoms with Crippen molar-refractivity contribution >= 4 is 17.2 Å². The van der Waals surface area contributed by atoms with Crippen LogP contribution in [-0.4, -0.2) is 24.1 Å². The first-order valence-electron chi connectivity index (χ1n) is 5.94. The molecule has 0 atom stereocenters. The predicted molar refractivity (Wildman–Crippen MR) is 70.6 cm³/mol. The molecule has 0 bridgehead atoms. The molecule has 1 heterocycles. The van der Waals surface area contributed by atoms with E-state index in [4.69, 9.17) is 10.9 Å². The van der Waals surface area contributed by atoms with E-state index in [1.165, 1.54) is 17.7 Å². The van der Waals surface area contributed by atoms with Crippen molar-refractivity contribution in [3.63, 3.8) is 0 Å². The van der Waals surface area contributed by atoms with Gasteiger partial charge in [-0.2, -0.15) is 0 Å². The molecule has 0 amide bonds. The Morgan fingerprint density at radius 2 is 2.41 bits per heavy atom. The van der Waals surface area contributed by atoms with Gasteiger partial charge in [0.05, 0.1) is 0 Å². The van der Waals surface area contributed by atoms with Crippen molar-refractivity contribution in [2.45, 2.75) is 25.7 Å². The minimum Gasteiger partial charge on any atom is -0.409 e. The molecule has 0 aromatic carbocycles. The van der Waals surface area contributed by atoms with E-state index in [9.17, 15) is 0 Å². The lowest BCUT2D eigenvalue weighted by molar-refractivity contribution is 0.314. The van der Waals surface area contributed by atoms with E-state index in [0.717, 1.165) is 19.5 Å². The molecule has 1 aliphatic carbocycles. The quantitative estimate of drug-likeness (QED) is 0.228. The molecule has 0 unspecified atom stereocenters. The molecule has 4 N–H and O–H groups in total. The number of nitrogens with zero attached hydrogens (tertiary/aromatic N) is 1. The van der Waals surface area contributed by atoms with Crippen molar-refractivity contribution in [1.82, 2.24) is 5.32 Å². The van der Waals surface area contributed by atoms with Gasteiger partial charge in [0, 0.05) is 17.8 Å². The minimum absolute atomic E-state index is 0.256. The first kappa shape index (κ1) is 12.4. The van der Waals surface area contributed by atoms with E-state index < -0.39 is 0 Å². The molecule has 1 saturated carbocycles. The van der Waals surface area contributed by atoms with Crippen molar-refractivity contribution in [3.8, 4) is 0 Å². The normalized spacial score (nSPS) is 18.2. The fraction of sp³-hybridized carbons (Fsp3) is 0.583. The Morgan fingerprint density at radius 1 is 1.59 bits per heavy atom. The van der Waals surface area contributed by atoms with E-state index in [1.54, 1.807) is 11.3 Å². The van der Waals surface area contributed by atoms with Crippen LogP contribution in [0.1, 0.15) is 24.1 Å². The van der Waals surface area contributed by atoms with Crippen LogP contribution in [0.4, 0.5) is 0 Å². The van der Waals surface area contributed by atoms with Gasteiger partial charge in [0.2, 0.25) is 0 Å². The largest absolute Gasteiger partial charge is 0.409 e. The molecule has 17 heavy (non-hydrogen) atoms. The van der Waals surface area contributed by atoms with Crippen LogP contribution >= 0.6 is 11.3 Å². The maximum Gasteiger partial charge on any atom is 0.139 e. The Bertz CT molecular complexity index is 371. The summed E-state index contributed by atoms with van der Waals surface area (Å²) in [5.41, 5.74) is 5.81. The Morgan fingerprint density at radius 3 is 3.00 bits per heavy atom. The monoisotopic (exact) mass is 253 g/mol. The van der Waals surface area contributed by atoms with E-state index in [1.807, 2.05) is 0 Å². The summed E-state index contributed by atoms with van der Waals surface area (Å²) in [5, 5.41) is 17.2. The van der Waals surface area contributed by atoms with Crippen molar-refractivity contribution in [2.24, 2.45) is 16.3 Å². The second-order valence-corrected chi connectivity index (χ2v) is 5.81. The SMILES string of the molecule is NC(CC1(CNCCc2cccs2)CC1)=NO. The summed E-state index contributed by atoms with van der Waals surface area (Å²) >= 11 is 1.80. The maximum absolute atomic E-state index is 8.57. The third-order valence-corrected chi connectivity index (χ3v) is 4.21. The van der Waals surface area contributed by atoms with E-state index >= 15 is 0 Å². The molecule has 4 nitrogen and oxygen atoms in total. The average molecular weight is 253 g/mol. The Balaban J connectivity index is 1.65. The molecule has 1 aromatic heterocycles. The molecular weight excluding hydrogens is 234 g/mol. The highest BCUT2D eigenvalue weighted by Crippen LogP contribution is 2.48. The van der Waals surface area contributed by atoms with Crippen molar-refractivity contribution in [2.75, 3.05) is 13.1 Å². The first-order valence-corrected chi connectivity index (χ1v) is 6.82. The summed E-state index contributed by atoms with van der Waals surface area (Å²) in [6, 6.07) is 4.25. The smallest absolute Gasteiger partial charge is 0.139 e. The highest BCUT2D eigenvalue weighted by Gasteiger charge is 2.42. The molecule has 1 fully saturated rings. The molecule has 5 heteroatoms. The zero-order chi connectivity index (χ0) is 12.1. The molecule has 0 spiro atoms. The minimum atomic E-state index is 0.256. The van der Waals surface area contributed by atoms with Gasteiger partial charge in [0.1, 0.15) is 5.84 Å². The van der Waals surface area contributed by atoms with E-state index in [-0.39, 0.29) is 5.41 Å². The summed E-state index contributed by atoms with van der Waals surface area (Å²) in [6.45, 7) is 1.97. The standard InChI is InChI=1S/C12H19N3OS/c13-11(15-16)8-12(4-5-12)9-14-6-3-10-2-1-7-17-10/h1-2,7,14,16H,3-6,8-9H2,(H2,13,15). The van der Waals surface area contributed by atoms with Crippen LogP contribution in [0.15, 0.2) is 22.7 Å². The number of oxime groups is 1. The van der Waals surface area contributed by atoms with Gasteiger partial charge < -0.3 is 16.3 Å². The van der Waals surface area contributed by atoms with Crippen LogP contribution in [0.5, 0.6) is 0 Å². The third-order valence-electron chi connectivity index (χ3n) is 3.27. The van der Waals surface area contributed by atoms with Gasteiger partial charge in [0.15, 0.2) is 0 Å². The molecular formula is C12H19N3OS. The Hall–Kier alpha value is -1.07. The van der Waals surface area contributed by atoms with Crippen molar-refractivity contribution in [1.29, 1.82) is 0 Å². The lowest BCUT2D eigenvalue weighted by atomic mass is 10.0. The van der Waals surface area contributed by atoms with Crippen LogP contribution in [0, 0.1) is 5.41 Å². The van der Waals surface area contributed by atoms with Gasteiger partial charge in [-0.1, -0.05) is 11.2 Å². The predicted octanol–water partition coefficient (Wildman–Crippen LogP) is 1.80. The summed E-state index contributed by atoms with van der Waals surface area (Å²) in [7, 11) is 0. The topological polar surface area (TPSA) is 70.6 Å². The van der Waals surface area contributed by atoms with Crippen LogP contribution in [0.2, 0.25) is 0 Å². The number of hydrogen-bond donors (Lipinski definition) is 3. The molecule has 1 aromatic rings. The number of thiophene rings is 1.